The molecule has 0 N–H and O–H groups in total. The monoisotopic (exact) mass is 520 g/mol. The summed E-state index contributed by atoms with van der Waals surface area (Å²) in [6.45, 7) is 9.28. The van der Waals surface area contributed by atoms with E-state index >= 15 is 0 Å². The first-order chi connectivity index (χ1) is 18.2. The first-order valence-electron chi connectivity index (χ1n) is 13.9. The second-order valence-corrected chi connectivity index (χ2v) is 11.5. The smallest absolute Gasteiger partial charge is 0.332 e. The van der Waals surface area contributed by atoms with Gasteiger partial charge in [0.1, 0.15) is 23.7 Å². The first kappa shape index (κ1) is 28.0. The molecule has 0 spiro atoms. The predicted octanol–water partition coefficient (Wildman–Crippen LogP) is 7.47. The highest BCUT2D eigenvalue weighted by Crippen LogP contribution is 2.37. The second kappa shape index (κ2) is 12.7. The minimum atomic E-state index is -0.488. The van der Waals surface area contributed by atoms with Crippen LogP contribution in [0.25, 0.3) is 22.4 Å². The maximum absolute atomic E-state index is 13.7. The summed E-state index contributed by atoms with van der Waals surface area (Å²) in [5.41, 5.74) is 4.92. The Hall–Kier alpha value is -2.99. The third kappa shape index (κ3) is 7.53. The molecule has 0 atom stereocenters. The van der Waals surface area contributed by atoms with Crippen molar-refractivity contribution in [3.63, 3.8) is 0 Å². The van der Waals surface area contributed by atoms with Gasteiger partial charge in [-0.15, -0.1) is 0 Å². The maximum Gasteiger partial charge on any atom is 0.332 e. The maximum atomic E-state index is 13.7. The molecule has 38 heavy (non-hydrogen) atoms. The van der Waals surface area contributed by atoms with Gasteiger partial charge in [0.25, 0.3) is 0 Å². The summed E-state index contributed by atoms with van der Waals surface area (Å²) in [5, 5.41) is 5.13. The van der Waals surface area contributed by atoms with E-state index in [1.165, 1.54) is 17.8 Å². The molecule has 5 nitrogen and oxygen atoms in total. The predicted molar refractivity (Wildman–Crippen MR) is 149 cm³/mol. The van der Waals surface area contributed by atoms with Crippen LogP contribution >= 0.6 is 0 Å². The van der Waals surface area contributed by atoms with Gasteiger partial charge in [0.15, 0.2) is 0 Å². The highest BCUT2D eigenvalue weighted by Gasteiger charge is 2.26. The highest BCUT2D eigenvalue weighted by molar-refractivity contribution is 5.82. The molecule has 1 aromatic heterocycles. The summed E-state index contributed by atoms with van der Waals surface area (Å²) in [7, 11) is 0. The SMILES string of the molecule is CCCc1c(-c2ccccc2)c(-c2ccc(F)cc2)nn1C[C@H]1CC[C@H](COCC(=O)OC(C)(C)C)CC1. The Labute approximate surface area is 226 Å². The summed E-state index contributed by atoms with van der Waals surface area (Å²) in [4.78, 5) is 11.9. The third-order valence-electron chi connectivity index (χ3n) is 7.12. The van der Waals surface area contributed by atoms with Gasteiger partial charge >= 0.3 is 5.97 Å². The van der Waals surface area contributed by atoms with Gasteiger partial charge in [-0.05, 0) is 94.5 Å². The molecule has 1 aliphatic rings. The van der Waals surface area contributed by atoms with E-state index in [-0.39, 0.29) is 18.4 Å². The van der Waals surface area contributed by atoms with Gasteiger partial charge in [0.05, 0.1) is 6.61 Å². The molecule has 204 valence electrons. The van der Waals surface area contributed by atoms with Crippen LogP contribution in [0.2, 0.25) is 0 Å². The fraction of sp³-hybridized carbons (Fsp3) is 0.500. The van der Waals surface area contributed by atoms with Crippen LogP contribution in [-0.4, -0.2) is 34.6 Å². The van der Waals surface area contributed by atoms with Crippen molar-refractivity contribution < 1.29 is 18.7 Å². The molecule has 3 aromatic rings. The summed E-state index contributed by atoms with van der Waals surface area (Å²) >= 11 is 0. The first-order valence-corrected chi connectivity index (χ1v) is 13.9. The van der Waals surface area contributed by atoms with Gasteiger partial charge in [-0.2, -0.15) is 5.10 Å². The van der Waals surface area contributed by atoms with Crippen molar-refractivity contribution in [3.8, 4) is 22.4 Å². The fourth-order valence-corrected chi connectivity index (χ4v) is 5.36. The van der Waals surface area contributed by atoms with Crippen LogP contribution in [0.4, 0.5) is 4.39 Å². The van der Waals surface area contributed by atoms with E-state index in [0.717, 1.165) is 67.5 Å². The van der Waals surface area contributed by atoms with E-state index in [1.54, 1.807) is 0 Å². The third-order valence-corrected chi connectivity index (χ3v) is 7.12. The Morgan fingerprint density at radius 1 is 0.974 bits per heavy atom. The van der Waals surface area contributed by atoms with Crippen molar-refractivity contribution in [3.05, 3.63) is 66.1 Å². The van der Waals surface area contributed by atoms with Crippen LogP contribution in [0.5, 0.6) is 0 Å². The van der Waals surface area contributed by atoms with Crippen molar-refractivity contribution in [1.29, 1.82) is 0 Å². The lowest BCUT2D eigenvalue weighted by atomic mass is 9.82. The van der Waals surface area contributed by atoms with Gasteiger partial charge < -0.3 is 9.47 Å². The van der Waals surface area contributed by atoms with Crippen LogP contribution < -0.4 is 0 Å². The number of rotatable bonds is 10. The van der Waals surface area contributed by atoms with E-state index in [4.69, 9.17) is 14.6 Å². The molecule has 1 fully saturated rings. The average molecular weight is 521 g/mol. The Bertz CT molecular complexity index is 1170. The average Bonchev–Trinajstić information content (AvgIpc) is 3.23. The van der Waals surface area contributed by atoms with E-state index in [9.17, 15) is 9.18 Å². The van der Waals surface area contributed by atoms with Gasteiger partial charge in [0, 0.05) is 23.4 Å². The largest absolute Gasteiger partial charge is 0.458 e. The van der Waals surface area contributed by atoms with Crippen molar-refractivity contribution in [2.45, 2.75) is 78.4 Å². The topological polar surface area (TPSA) is 53.4 Å². The quantitative estimate of drug-likeness (QED) is 0.260. The fourth-order valence-electron chi connectivity index (χ4n) is 5.36. The van der Waals surface area contributed by atoms with E-state index in [0.29, 0.717) is 18.4 Å². The lowest BCUT2D eigenvalue weighted by Gasteiger charge is -2.29. The molecule has 1 heterocycles. The van der Waals surface area contributed by atoms with Crippen LogP contribution in [0.1, 0.15) is 65.5 Å². The molecule has 0 radical (unpaired) electrons. The Morgan fingerprint density at radius 3 is 2.26 bits per heavy atom. The lowest BCUT2D eigenvalue weighted by Crippen LogP contribution is -2.28. The number of esters is 1. The number of benzene rings is 2. The minimum absolute atomic E-state index is 0.0132. The van der Waals surface area contributed by atoms with E-state index < -0.39 is 5.60 Å². The highest BCUT2D eigenvalue weighted by atomic mass is 19.1. The summed E-state index contributed by atoms with van der Waals surface area (Å²) in [5.74, 6) is 0.461. The number of ether oxygens (including phenoxy) is 2. The molecule has 0 bridgehead atoms. The van der Waals surface area contributed by atoms with Crippen LogP contribution in [-0.2, 0) is 27.2 Å². The molecule has 4 rings (SSSR count). The molecule has 0 saturated heterocycles. The lowest BCUT2D eigenvalue weighted by molar-refractivity contribution is -0.160. The van der Waals surface area contributed by atoms with Gasteiger partial charge in [-0.3, -0.25) is 4.68 Å². The van der Waals surface area contributed by atoms with Gasteiger partial charge in [-0.1, -0.05) is 43.7 Å². The molecule has 1 saturated carbocycles. The van der Waals surface area contributed by atoms with Crippen LogP contribution in [0, 0.1) is 17.7 Å². The number of aromatic nitrogens is 2. The molecular weight excluding hydrogens is 479 g/mol. The van der Waals surface area contributed by atoms with Gasteiger partial charge in [-0.25, -0.2) is 9.18 Å². The van der Waals surface area contributed by atoms with E-state index in [1.807, 2.05) is 39.0 Å². The second-order valence-electron chi connectivity index (χ2n) is 11.5. The zero-order chi connectivity index (χ0) is 27.1. The summed E-state index contributed by atoms with van der Waals surface area (Å²) in [6.07, 6.45) is 6.35. The minimum Gasteiger partial charge on any atom is -0.458 e. The number of hydrogen-bond donors (Lipinski definition) is 0. The van der Waals surface area contributed by atoms with Crippen LogP contribution in [0.15, 0.2) is 54.6 Å². The normalized spacial score (nSPS) is 17.9. The van der Waals surface area contributed by atoms with E-state index in [2.05, 4.69) is 35.9 Å². The number of nitrogens with zero attached hydrogens (tertiary/aromatic N) is 2. The van der Waals surface area contributed by atoms with Crippen molar-refractivity contribution >= 4 is 5.97 Å². The Morgan fingerprint density at radius 2 is 1.63 bits per heavy atom. The number of carbonyl (C=O) groups is 1. The molecule has 0 unspecified atom stereocenters. The van der Waals surface area contributed by atoms with Gasteiger partial charge in [0.2, 0.25) is 0 Å². The standard InChI is InChI=1S/C32H41FN2O3/c1-5-9-28-30(25-10-7-6-8-11-25)31(26-16-18-27(33)19-17-26)34-35(28)20-23-12-14-24(15-13-23)21-37-22-29(36)38-32(2,3)4/h6-8,10-11,16-19,23-24H,5,9,12-15,20-22H2,1-4H3/t23-,24-. The number of halogens is 1. The Balaban J connectivity index is 1.45. The zero-order valence-corrected chi connectivity index (χ0v) is 23.2. The molecule has 0 amide bonds. The molecule has 6 heteroatoms. The molecule has 2 aromatic carbocycles. The molecule has 0 aliphatic heterocycles. The zero-order valence-electron chi connectivity index (χ0n) is 23.2. The summed E-state index contributed by atoms with van der Waals surface area (Å²) in [6, 6.07) is 17.1. The Kier molecular flexibility index (Phi) is 9.37. The van der Waals surface area contributed by atoms with Crippen molar-refractivity contribution in [1.82, 2.24) is 9.78 Å². The van der Waals surface area contributed by atoms with Crippen molar-refractivity contribution in [2.24, 2.45) is 11.8 Å². The molecular formula is C32H41FN2O3. The molecule has 1 aliphatic carbocycles. The number of carbonyl (C=O) groups excluding carboxylic acids is 1. The van der Waals surface area contributed by atoms with Crippen molar-refractivity contribution in [2.75, 3.05) is 13.2 Å². The number of hydrogen-bond acceptors (Lipinski definition) is 4. The summed E-state index contributed by atoms with van der Waals surface area (Å²) < 4.78 is 26.9. The van der Waals surface area contributed by atoms with Crippen LogP contribution in [0.3, 0.4) is 0 Å².